The standard InChI is InChI=1S/C27H34BrN7O3/c1-16-20-14-30-25(33-23(20)35(24(36)22(16)28)18-7-5-6-8-18)32-21-10-9-19(13-29-21)34-12-11-17(15-34)31-26(37)38-27(2,3)4/h9-10,13-14,17-18H,5-8,11-12,15H2,1-4H3,(H,31,37)(H,29,30,32,33). The average Bonchev–Trinajstić information content (AvgIpc) is 3.55. The molecule has 1 atom stereocenters. The molecule has 2 N–H and O–H groups in total. The molecule has 1 aliphatic carbocycles. The SMILES string of the molecule is Cc1c(Br)c(=O)n(C2CCCC2)c2nc(Nc3ccc(N4CCC(NC(=O)OC(C)(C)C)C4)cn3)ncc12. The summed E-state index contributed by atoms with van der Waals surface area (Å²) in [5, 5.41) is 7.00. The Kier molecular flexibility index (Phi) is 7.30. The predicted octanol–water partition coefficient (Wildman–Crippen LogP) is 5.22. The number of amides is 1. The summed E-state index contributed by atoms with van der Waals surface area (Å²) in [6.07, 6.45) is 8.20. The van der Waals surface area contributed by atoms with Gasteiger partial charge in [-0.2, -0.15) is 4.98 Å². The third-order valence-electron chi connectivity index (χ3n) is 7.09. The van der Waals surface area contributed by atoms with Crippen LogP contribution in [0, 0.1) is 6.92 Å². The van der Waals surface area contributed by atoms with Crippen LogP contribution in [0.25, 0.3) is 11.0 Å². The largest absolute Gasteiger partial charge is 0.444 e. The highest BCUT2D eigenvalue weighted by Crippen LogP contribution is 2.33. The van der Waals surface area contributed by atoms with Gasteiger partial charge in [-0.05, 0) is 80.6 Å². The van der Waals surface area contributed by atoms with Crippen molar-refractivity contribution >= 4 is 50.5 Å². The van der Waals surface area contributed by atoms with Crippen LogP contribution in [0.5, 0.6) is 0 Å². The first-order valence-corrected chi connectivity index (χ1v) is 13.9. The molecule has 1 saturated heterocycles. The number of nitrogens with one attached hydrogen (secondary N) is 2. The molecule has 11 heteroatoms. The van der Waals surface area contributed by atoms with Crippen LogP contribution in [0.1, 0.15) is 64.5 Å². The number of halogens is 1. The van der Waals surface area contributed by atoms with Crippen molar-refractivity contribution in [1.29, 1.82) is 0 Å². The van der Waals surface area contributed by atoms with Crippen LogP contribution < -0.4 is 21.1 Å². The quantitative estimate of drug-likeness (QED) is 0.420. The Hall–Kier alpha value is -3.21. The molecule has 0 spiro atoms. The molecule has 4 heterocycles. The maximum Gasteiger partial charge on any atom is 0.407 e. The van der Waals surface area contributed by atoms with Gasteiger partial charge in [0.1, 0.15) is 17.1 Å². The van der Waals surface area contributed by atoms with E-state index >= 15 is 0 Å². The lowest BCUT2D eigenvalue weighted by molar-refractivity contribution is 0.0509. The number of carbonyl (C=O) groups is 1. The van der Waals surface area contributed by atoms with E-state index in [0.29, 0.717) is 28.4 Å². The second-order valence-corrected chi connectivity index (χ2v) is 11.9. The van der Waals surface area contributed by atoms with Crippen LogP contribution in [-0.2, 0) is 4.74 Å². The van der Waals surface area contributed by atoms with E-state index in [1.807, 2.05) is 44.4 Å². The van der Waals surface area contributed by atoms with Crippen LogP contribution in [-0.4, -0.2) is 50.3 Å². The summed E-state index contributed by atoms with van der Waals surface area (Å²) < 4.78 is 7.78. The number of alkyl carbamates (subject to hydrolysis) is 1. The fourth-order valence-electron chi connectivity index (χ4n) is 5.21. The third-order valence-corrected chi connectivity index (χ3v) is 8.02. The van der Waals surface area contributed by atoms with Crippen LogP contribution in [0.15, 0.2) is 33.8 Å². The van der Waals surface area contributed by atoms with E-state index in [0.717, 1.165) is 55.3 Å². The zero-order valence-electron chi connectivity index (χ0n) is 22.3. The Morgan fingerprint density at radius 3 is 2.58 bits per heavy atom. The molecular weight excluding hydrogens is 550 g/mol. The minimum Gasteiger partial charge on any atom is -0.444 e. The number of nitrogens with zero attached hydrogens (tertiary/aromatic N) is 5. The van der Waals surface area contributed by atoms with Crippen molar-refractivity contribution in [2.45, 2.75) is 77.5 Å². The molecule has 3 aromatic heterocycles. The van der Waals surface area contributed by atoms with Gasteiger partial charge in [-0.1, -0.05) is 12.8 Å². The van der Waals surface area contributed by atoms with Crippen LogP contribution >= 0.6 is 15.9 Å². The summed E-state index contributed by atoms with van der Waals surface area (Å²) in [4.78, 5) is 41.3. The lowest BCUT2D eigenvalue weighted by Crippen LogP contribution is -2.40. The third kappa shape index (κ3) is 5.62. The van der Waals surface area contributed by atoms with E-state index in [1.165, 1.54) is 0 Å². The summed E-state index contributed by atoms with van der Waals surface area (Å²) in [5.41, 5.74) is 1.90. The number of hydrogen-bond donors (Lipinski definition) is 2. The number of aromatic nitrogens is 4. The molecule has 0 radical (unpaired) electrons. The molecule has 1 saturated carbocycles. The van der Waals surface area contributed by atoms with Gasteiger partial charge in [0.2, 0.25) is 5.95 Å². The molecular formula is C27H34BrN7O3. The van der Waals surface area contributed by atoms with Crippen molar-refractivity contribution in [3.8, 4) is 0 Å². The first-order valence-electron chi connectivity index (χ1n) is 13.1. The van der Waals surface area contributed by atoms with Gasteiger partial charge in [0.15, 0.2) is 0 Å². The van der Waals surface area contributed by atoms with Gasteiger partial charge in [0.25, 0.3) is 5.56 Å². The summed E-state index contributed by atoms with van der Waals surface area (Å²) in [7, 11) is 0. The molecule has 1 aliphatic heterocycles. The average molecular weight is 585 g/mol. The van der Waals surface area contributed by atoms with Gasteiger partial charge in [0, 0.05) is 30.7 Å². The Morgan fingerprint density at radius 2 is 1.89 bits per heavy atom. The monoisotopic (exact) mass is 583 g/mol. The highest BCUT2D eigenvalue weighted by molar-refractivity contribution is 9.10. The summed E-state index contributed by atoms with van der Waals surface area (Å²) in [5.74, 6) is 1.01. The second-order valence-electron chi connectivity index (χ2n) is 11.1. The molecule has 2 aliphatic rings. The number of ether oxygens (including phenoxy) is 1. The highest BCUT2D eigenvalue weighted by Gasteiger charge is 2.27. The second kappa shape index (κ2) is 10.5. The van der Waals surface area contributed by atoms with E-state index in [4.69, 9.17) is 9.72 Å². The number of aryl methyl sites for hydroxylation is 1. The van der Waals surface area contributed by atoms with Crippen LogP contribution in [0.3, 0.4) is 0 Å². The zero-order valence-corrected chi connectivity index (χ0v) is 23.8. The Labute approximate surface area is 230 Å². The molecule has 0 aromatic carbocycles. The Balaban J connectivity index is 1.30. The number of pyridine rings is 2. The smallest absolute Gasteiger partial charge is 0.407 e. The Bertz CT molecular complexity index is 1400. The summed E-state index contributed by atoms with van der Waals surface area (Å²) in [6.45, 7) is 8.98. The molecule has 10 nitrogen and oxygen atoms in total. The number of rotatable bonds is 5. The van der Waals surface area contributed by atoms with E-state index in [2.05, 4.69) is 41.4 Å². The lowest BCUT2D eigenvalue weighted by atomic mass is 10.1. The van der Waals surface area contributed by atoms with Crippen molar-refractivity contribution < 1.29 is 9.53 Å². The summed E-state index contributed by atoms with van der Waals surface area (Å²) >= 11 is 3.49. The van der Waals surface area contributed by atoms with E-state index in [9.17, 15) is 9.59 Å². The van der Waals surface area contributed by atoms with Gasteiger partial charge in [-0.25, -0.2) is 14.8 Å². The van der Waals surface area contributed by atoms with Crippen LogP contribution in [0.2, 0.25) is 0 Å². The van der Waals surface area contributed by atoms with Gasteiger partial charge in [-0.15, -0.1) is 0 Å². The van der Waals surface area contributed by atoms with E-state index < -0.39 is 11.7 Å². The molecule has 0 bridgehead atoms. The lowest BCUT2D eigenvalue weighted by Gasteiger charge is -2.22. The predicted molar refractivity (Wildman–Crippen MR) is 151 cm³/mol. The maximum atomic E-state index is 13.2. The summed E-state index contributed by atoms with van der Waals surface area (Å²) in [6, 6.07) is 4.04. The maximum absolute atomic E-state index is 13.2. The zero-order chi connectivity index (χ0) is 27.0. The minimum absolute atomic E-state index is 0.0228. The van der Waals surface area contributed by atoms with Crippen molar-refractivity contribution in [1.82, 2.24) is 24.8 Å². The van der Waals surface area contributed by atoms with Crippen molar-refractivity contribution in [3.05, 3.63) is 44.9 Å². The molecule has 2 fully saturated rings. The van der Waals surface area contributed by atoms with Crippen molar-refractivity contribution in [3.63, 3.8) is 0 Å². The van der Waals surface area contributed by atoms with E-state index in [-0.39, 0.29) is 17.6 Å². The van der Waals surface area contributed by atoms with Crippen molar-refractivity contribution in [2.24, 2.45) is 0 Å². The molecule has 38 heavy (non-hydrogen) atoms. The van der Waals surface area contributed by atoms with Crippen LogP contribution in [0.4, 0.5) is 22.2 Å². The molecule has 202 valence electrons. The minimum atomic E-state index is -0.520. The number of anilines is 3. The van der Waals surface area contributed by atoms with Gasteiger partial charge in [-0.3, -0.25) is 9.36 Å². The molecule has 3 aromatic rings. The molecule has 1 amide bonds. The normalized spacial score (nSPS) is 18.2. The van der Waals surface area contributed by atoms with Crippen molar-refractivity contribution in [2.75, 3.05) is 23.3 Å². The first kappa shape index (κ1) is 26.4. The highest BCUT2D eigenvalue weighted by atomic mass is 79.9. The molecule has 1 unspecified atom stereocenters. The van der Waals surface area contributed by atoms with Gasteiger partial charge >= 0.3 is 6.09 Å². The first-order chi connectivity index (χ1) is 18.1. The topological polar surface area (TPSA) is 114 Å². The van der Waals surface area contributed by atoms with Gasteiger partial charge in [0.05, 0.1) is 22.4 Å². The number of carbonyl (C=O) groups excluding carboxylic acids is 1. The fraction of sp³-hybridized carbons (Fsp3) is 0.519. The van der Waals surface area contributed by atoms with E-state index in [1.54, 1.807) is 12.4 Å². The number of fused-ring (bicyclic) bond motifs is 1. The Morgan fingerprint density at radius 1 is 1.13 bits per heavy atom. The fourth-order valence-corrected chi connectivity index (χ4v) is 5.62. The van der Waals surface area contributed by atoms with Gasteiger partial charge < -0.3 is 20.3 Å². The molecule has 5 rings (SSSR count). The number of hydrogen-bond acceptors (Lipinski definition) is 8.